The SMILES string of the molecule is O=C(Nc1ccccc1Cl)N1CCN(CCc2ccccc2)CC1. The third-order valence-electron chi connectivity index (χ3n) is 4.33. The molecule has 1 fully saturated rings. The first kappa shape index (κ1) is 16.8. The number of anilines is 1. The highest BCUT2D eigenvalue weighted by Crippen LogP contribution is 2.21. The zero-order valence-corrected chi connectivity index (χ0v) is 14.4. The molecule has 1 heterocycles. The summed E-state index contributed by atoms with van der Waals surface area (Å²) in [7, 11) is 0. The number of benzene rings is 2. The van der Waals surface area contributed by atoms with Gasteiger partial charge in [-0.15, -0.1) is 0 Å². The molecule has 0 saturated carbocycles. The van der Waals surface area contributed by atoms with Gasteiger partial charge in [0.1, 0.15) is 0 Å². The predicted octanol–water partition coefficient (Wildman–Crippen LogP) is 3.73. The molecule has 1 N–H and O–H groups in total. The lowest BCUT2D eigenvalue weighted by Gasteiger charge is -2.34. The number of hydrogen-bond acceptors (Lipinski definition) is 2. The van der Waals surface area contributed by atoms with Crippen molar-refractivity contribution in [2.24, 2.45) is 0 Å². The van der Waals surface area contributed by atoms with Gasteiger partial charge in [-0.1, -0.05) is 54.1 Å². The fraction of sp³-hybridized carbons (Fsp3) is 0.316. The van der Waals surface area contributed by atoms with Crippen LogP contribution in [0.4, 0.5) is 10.5 Å². The van der Waals surface area contributed by atoms with Gasteiger partial charge in [0.05, 0.1) is 10.7 Å². The minimum Gasteiger partial charge on any atom is -0.322 e. The van der Waals surface area contributed by atoms with Gasteiger partial charge in [0.15, 0.2) is 0 Å². The number of nitrogens with one attached hydrogen (secondary N) is 1. The van der Waals surface area contributed by atoms with E-state index >= 15 is 0 Å². The predicted molar refractivity (Wildman–Crippen MR) is 98.6 cm³/mol. The Morgan fingerprint density at radius 2 is 1.62 bits per heavy atom. The van der Waals surface area contributed by atoms with Crippen LogP contribution >= 0.6 is 11.6 Å². The van der Waals surface area contributed by atoms with E-state index < -0.39 is 0 Å². The van der Waals surface area contributed by atoms with Crippen LogP contribution in [0.2, 0.25) is 5.02 Å². The third kappa shape index (κ3) is 4.49. The Balaban J connectivity index is 1.44. The first-order chi connectivity index (χ1) is 11.7. The van der Waals surface area contributed by atoms with E-state index in [1.165, 1.54) is 5.56 Å². The molecule has 126 valence electrons. The molecule has 5 heteroatoms. The van der Waals surface area contributed by atoms with Crippen molar-refractivity contribution in [2.75, 3.05) is 38.0 Å². The zero-order valence-electron chi connectivity index (χ0n) is 13.6. The Morgan fingerprint density at radius 3 is 2.33 bits per heavy atom. The number of halogens is 1. The highest BCUT2D eigenvalue weighted by Gasteiger charge is 2.21. The summed E-state index contributed by atoms with van der Waals surface area (Å²) in [5.41, 5.74) is 2.02. The number of carbonyl (C=O) groups is 1. The van der Waals surface area contributed by atoms with Crippen molar-refractivity contribution in [1.82, 2.24) is 9.80 Å². The number of urea groups is 1. The Morgan fingerprint density at radius 1 is 0.958 bits per heavy atom. The van der Waals surface area contributed by atoms with Crippen LogP contribution in [0.25, 0.3) is 0 Å². The average molecular weight is 344 g/mol. The molecule has 0 bridgehead atoms. The lowest BCUT2D eigenvalue weighted by atomic mass is 10.1. The molecule has 0 atom stereocenters. The van der Waals surface area contributed by atoms with Crippen molar-refractivity contribution in [3.05, 3.63) is 65.2 Å². The molecule has 1 aliphatic heterocycles. The van der Waals surface area contributed by atoms with Crippen LogP contribution in [0.5, 0.6) is 0 Å². The Labute approximate surface area is 148 Å². The second kappa shape index (κ2) is 8.18. The van der Waals surface area contributed by atoms with Crippen molar-refractivity contribution in [3.63, 3.8) is 0 Å². The molecular weight excluding hydrogens is 322 g/mol. The van der Waals surface area contributed by atoms with Crippen LogP contribution < -0.4 is 5.32 Å². The number of carbonyl (C=O) groups excluding carboxylic acids is 1. The van der Waals surface area contributed by atoms with Crippen LogP contribution in [0.1, 0.15) is 5.56 Å². The Hall–Kier alpha value is -2.04. The van der Waals surface area contributed by atoms with Gasteiger partial charge in [-0.05, 0) is 24.1 Å². The molecule has 0 aromatic heterocycles. The summed E-state index contributed by atoms with van der Waals surface area (Å²) in [5.74, 6) is 0. The van der Waals surface area contributed by atoms with Crippen LogP contribution in [0, 0.1) is 0 Å². The molecule has 1 saturated heterocycles. The highest BCUT2D eigenvalue weighted by molar-refractivity contribution is 6.33. The third-order valence-corrected chi connectivity index (χ3v) is 4.66. The van der Waals surface area contributed by atoms with Crippen molar-refractivity contribution < 1.29 is 4.79 Å². The van der Waals surface area contributed by atoms with E-state index in [9.17, 15) is 4.79 Å². The molecule has 4 nitrogen and oxygen atoms in total. The second-order valence-corrected chi connectivity index (χ2v) is 6.38. The quantitative estimate of drug-likeness (QED) is 0.918. The number of nitrogens with zero attached hydrogens (tertiary/aromatic N) is 2. The fourth-order valence-electron chi connectivity index (χ4n) is 2.86. The summed E-state index contributed by atoms with van der Waals surface area (Å²) in [6.07, 6.45) is 1.05. The van der Waals surface area contributed by atoms with Crippen molar-refractivity contribution in [2.45, 2.75) is 6.42 Å². The second-order valence-electron chi connectivity index (χ2n) is 5.97. The topological polar surface area (TPSA) is 35.6 Å². The number of piperazine rings is 1. The van der Waals surface area contributed by atoms with E-state index in [4.69, 9.17) is 11.6 Å². The van der Waals surface area contributed by atoms with E-state index in [0.29, 0.717) is 10.7 Å². The van der Waals surface area contributed by atoms with Gasteiger partial charge in [0.25, 0.3) is 0 Å². The summed E-state index contributed by atoms with van der Waals surface area (Å²) in [6, 6.07) is 17.7. The number of para-hydroxylation sites is 1. The van der Waals surface area contributed by atoms with Gasteiger partial charge in [0, 0.05) is 32.7 Å². The maximum absolute atomic E-state index is 12.3. The monoisotopic (exact) mass is 343 g/mol. The van der Waals surface area contributed by atoms with E-state index in [1.807, 2.05) is 29.2 Å². The van der Waals surface area contributed by atoms with E-state index in [0.717, 1.165) is 39.1 Å². The molecule has 3 rings (SSSR count). The molecule has 2 aromatic rings. The minimum atomic E-state index is -0.0780. The van der Waals surface area contributed by atoms with Crippen LogP contribution in [-0.2, 0) is 6.42 Å². The molecule has 0 unspecified atom stereocenters. The van der Waals surface area contributed by atoms with Gasteiger partial charge in [0.2, 0.25) is 0 Å². The summed E-state index contributed by atoms with van der Waals surface area (Å²) in [5, 5.41) is 3.45. The fourth-order valence-corrected chi connectivity index (χ4v) is 3.05. The molecule has 0 radical (unpaired) electrons. The lowest BCUT2D eigenvalue weighted by Crippen LogP contribution is -2.50. The Bertz CT molecular complexity index is 669. The average Bonchev–Trinajstić information content (AvgIpc) is 2.63. The molecule has 0 aliphatic carbocycles. The number of amides is 2. The molecule has 1 aliphatic rings. The zero-order chi connectivity index (χ0) is 16.8. The smallest absolute Gasteiger partial charge is 0.321 e. The van der Waals surface area contributed by atoms with Crippen molar-refractivity contribution in [1.29, 1.82) is 0 Å². The maximum atomic E-state index is 12.3. The number of hydrogen-bond donors (Lipinski definition) is 1. The van der Waals surface area contributed by atoms with Gasteiger partial charge in [-0.3, -0.25) is 4.90 Å². The molecule has 24 heavy (non-hydrogen) atoms. The van der Waals surface area contributed by atoms with Crippen LogP contribution in [-0.4, -0.2) is 48.6 Å². The van der Waals surface area contributed by atoms with Crippen LogP contribution in [0.3, 0.4) is 0 Å². The molecule has 2 amide bonds. The standard InChI is InChI=1S/C19H22ClN3O/c20-17-8-4-5-9-18(17)21-19(24)23-14-12-22(13-15-23)11-10-16-6-2-1-3-7-16/h1-9H,10-15H2,(H,21,24). The van der Waals surface area contributed by atoms with Crippen LogP contribution in [0.15, 0.2) is 54.6 Å². The van der Waals surface area contributed by atoms with Gasteiger partial charge in [-0.2, -0.15) is 0 Å². The van der Waals surface area contributed by atoms with Gasteiger partial charge >= 0.3 is 6.03 Å². The highest BCUT2D eigenvalue weighted by atomic mass is 35.5. The lowest BCUT2D eigenvalue weighted by molar-refractivity contribution is 0.148. The normalized spacial score (nSPS) is 15.3. The maximum Gasteiger partial charge on any atom is 0.321 e. The van der Waals surface area contributed by atoms with E-state index in [1.54, 1.807) is 6.07 Å². The number of rotatable bonds is 4. The van der Waals surface area contributed by atoms with Gasteiger partial charge in [-0.25, -0.2) is 4.79 Å². The molecule has 2 aromatic carbocycles. The summed E-state index contributed by atoms with van der Waals surface area (Å²) >= 11 is 6.09. The van der Waals surface area contributed by atoms with E-state index in [-0.39, 0.29) is 6.03 Å². The Kier molecular flexibility index (Phi) is 5.72. The molecule has 0 spiro atoms. The largest absolute Gasteiger partial charge is 0.322 e. The van der Waals surface area contributed by atoms with Crippen molar-refractivity contribution >= 4 is 23.3 Å². The van der Waals surface area contributed by atoms with E-state index in [2.05, 4.69) is 34.5 Å². The van der Waals surface area contributed by atoms with Crippen molar-refractivity contribution in [3.8, 4) is 0 Å². The summed E-state index contributed by atoms with van der Waals surface area (Å²) in [4.78, 5) is 16.6. The first-order valence-corrected chi connectivity index (χ1v) is 8.67. The van der Waals surface area contributed by atoms with Gasteiger partial charge < -0.3 is 10.2 Å². The summed E-state index contributed by atoms with van der Waals surface area (Å²) in [6.45, 7) is 4.33. The molecular formula is C19H22ClN3O. The summed E-state index contributed by atoms with van der Waals surface area (Å²) < 4.78 is 0. The minimum absolute atomic E-state index is 0.0780. The first-order valence-electron chi connectivity index (χ1n) is 8.29.